The summed E-state index contributed by atoms with van der Waals surface area (Å²) in [6, 6.07) is 0.773. The Morgan fingerprint density at radius 3 is 2.20 bits per heavy atom. The molecular weight excluding hydrogens is 122 g/mol. The molecular formula is C9H17N. The van der Waals surface area contributed by atoms with Crippen molar-refractivity contribution in [1.29, 1.82) is 0 Å². The maximum atomic E-state index is 3.29. The zero-order valence-corrected chi connectivity index (χ0v) is 7.36. The predicted octanol–water partition coefficient (Wildman–Crippen LogP) is 1.95. The average molecular weight is 139 g/mol. The second kappa shape index (κ2) is 2.75. The second-order valence-corrected chi connectivity index (χ2v) is 3.42. The maximum Gasteiger partial charge on any atom is 0.0136 e. The molecule has 1 nitrogen and oxygen atoms in total. The molecule has 2 unspecified atom stereocenters. The van der Waals surface area contributed by atoms with Gasteiger partial charge in [-0.1, -0.05) is 11.1 Å². The molecule has 0 aromatic heterocycles. The number of allylic oxidation sites excluding steroid dienone is 1. The monoisotopic (exact) mass is 139 g/mol. The van der Waals surface area contributed by atoms with E-state index in [9.17, 15) is 0 Å². The van der Waals surface area contributed by atoms with Crippen molar-refractivity contribution in [3.8, 4) is 0 Å². The molecule has 0 heterocycles. The smallest absolute Gasteiger partial charge is 0.0136 e. The van der Waals surface area contributed by atoms with Crippen LogP contribution in [0.5, 0.6) is 0 Å². The van der Waals surface area contributed by atoms with Crippen LogP contribution in [0, 0.1) is 5.92 Å². The van der Waals surface area contributed by atoms with Crippen molar-refractivity contribution >= 4 is 0 Å². The van der Waals surface area contributed by atoms with E-state index in [2.05, 4.69) is 26.1 Å². The summed E-state index contributed by atoms with van der Waals surface area (Å²) in [6.07, 6.45) is 1.34. The van der Waals surface area contributed by atoms with Crippen LogP contribution in [0.15, 0.2) is 11.1 Å². The molecule has 2 atom stereocenters. The Morgan fingerprint density at radius 2 is 1.90 bits per heavy atom. The van der Waals surface area contributed by atoms with Gasteiger partial charge in [0.25, 0.3) is 0 Å². The van der Waals surface area contributed by atoms with E-state index in [1.54, 1.807) is 5.57 Å². The second-order valence-electron chi connectivity index (χ2n) is 3.42. The van der Waals surface area contributed by atoms with Crippen LogP contribution < -0.4 is 5.32 Å². The molecule has 0 radical (unpaired) electrons. The van der Waals surface area contributed by atoms with Gasteiger partial charge in [0.2, 0.25) is 0 Å². The maximum absolute atomic E-state index is 3.29. The van der Waals surface area contributed by atoms with Crippen molar-refractivity contribution < 1.29 is 0 Å². The van der Waals surface area contributed by atoms with E-state index in [4.69, 9.17) is 0 Å². The summed E-state index contributed by atoms with van der Waals surface area (Å²) in [7, 11) is 2.04. The van der Waals surface area contributed by atoms with Crippen molar-refractivity contribution in [2.75, 3.05) is 7.05 Å². The Morgan fingerprint density at radius 1 is 1.30 bits per heavy atom. The van der Waals surface area contributed by atoms with E-state index >= 15 is 0 Å². The summed E-state index contributed by atoms with van der Waals surface area (Å²) >= 11 is 0. The van der Waals surface area contributed by atoms with Crippen LogP contribution in [0.4, 0.5) is 0 Å². The van der Waals surface area contributed by atoms with Gasteiger partial charge in [-0.15, -0.1) is 0 Å². The largest absolute Gasteiger partial charge is 0.316 e. The third-order valence-electron chi connectivity index (χ3n) is 2.51. The van der Waals surface area contributed by atoms with Crippen LogP contribution in [0.2, 0.25) is 0 Å². The molecule has 1 rings (SSSR count). The van der Waals surface area contributed by atoms with Gasteiger partial charge in [0, 0.05) is 6.04 Å². The van der Waals surface area contributed by atoms with Crippen molar-refractivity contribution in [2.45, 2.75) is 33.2 Å². The minimum Gasteiger partial charge on any atom is -0.316 e. The van der Waals surface area contributed by atoms with Crippen LogP contribution in [0.1, 0.15) is 27.2 Å². The van der Waals surface area contributed by atoms with Gasteiger partial charge < -0.3 is 5.32 Å². The minimum absolute atomic E-state index is 0.773. The van der Waals surface area contributed by atoms with Crippen molar-refractivity contribution in [1.82, 2.24) is 5.32 Å². The lowest BCUT2D eigenvalue weighted by atomic mass is 10.1. The fraction of sp³-hybridized carbons (Fsp3) is 0.778. The molecule has 0 spiro atoms. The van der Waals surface area contributed by atoms with Crippen LogP contribution in [0.3, 0.4) is 0 Å². The molecule has 0 amide bonds. The zero-order valence-electron chi connectivity index (χ0n) is 7.36. The molecule has 0 aromatic carbocycles. The van der Waals surface area contributed by atoms with E-state index in [1.165, 1.54) is 12.0 Å². The molecule has 1 fully saturated rings. The summed E-state index contributed by atoms with van der Waals surface area (Å²) in [5, 5.41) is 3.29. The molecule has 1 aliphatic carbocycles. The predicted molar refractivity (Wildman–Crippen MR) is 45.0 cm³/mol. The van der Waals surface area contributed by atoms with Gasteiger partial charge in [-0.3, -0.25) is 0 Å². The van der Waals surface area contributed by atoms with Gasteiger partial charge >= 0.3 is 0 Å². The van der Waals surface area contributed by atoms with E-state index in [0.29, 0.717) is 0 Å². The highest BCUT2D eigenvalue weighted by Crippen LogP contribution is 2.37. The summed E-state index contributed by atoms with van der Waals surface area (Å²) in [5.74, 6) is 0.843. The van der Waals surface area contributed by atoms with Gasteiger partial charge in [0.1, 0.15) is 0 Å². The lowest BCUT2D eigenvalue weighted by Gasteiger charge is -2.01. The molecule has 0 saturated heterocycles. The van der Waals surface area contributed by atoms with E-state index < -0.39 is 0 Å². The quantitative estimate of drug-likeness (QED) is 0.577. The number of nitrogens with one attached hydrogen (secondary N) is 1. The molecule has 10 heavy (non-hydrogen) atoms. The third kappa shape index (κ3) is 1.40. The molecule has 1 N–H and O–H groups in total. The lowest BCUT2D eigenvalue weighted by molar-refractivity contribution is 0.754. The molecule has 0 aliphatic heterocycles. The molecule has 58 valence electrons. The van der Waals surface area contributed by atoms with E-state index in [1.807, 2.05) is 7.05 Å². The van der Waals surface area contributed by atoms with Crippen LogP contribution in [-0.4, -0.2) is 13.1 Å². The van der Waals surface area contributed by atoms with Crippen molar-refractivity contribution in [3.63, 3.8) is 0 Å². The van der Waals surface area contributed by atoms with Gasteiger partial charge in [-0.2, -0.15) is 0 Å². The molecule has 1 heteroatoms. The first kappa shape index (κ1) is 7.80. The van der Waals surface area contributed by atoms with Gasteiger partial charge in [-0.05, 0) is 40.2 Å². The fourth-order valence-corrected chi connectivity index (χ4v) is 1.36. The van der Waals surface area contributed by atoms with Gasteiger partial charge in [0.15, 0.2) is 0 Å². The summed E-state index contributed by atoms with van der Waals surface area (Å²) in [5.41, 5.74) is 3.07. The van der Waals surface area contributed by atoms with Gasteiger partial charge in [0.05, 0.1) is 0 Å². The number of rotatable bonds is 2. The highest BCUT2D eigenvalue weighted by Gasteiger charge is 2.36. The first-order chi connectivity index (χ1) is 4.66. The highest BCUT2D eigenvalue weighted by molar-refractivity contribution is 5.20. The van der Waals surface area contributed by atoms with Gasteiger partial charge in [-0.25, -0.2) is 0 Å². The van der Waals surface area contributed by atoms with Crippen LogP contribution in [-0.2, 0) is 0 Å². The van der Waals surface area contributed by atoms with Crippen LogP contribution >= 0.6 is 0 Å². The Labute approximate surface area is 63.5 Å². The zero-order chi connectivity index (χ0) is 7.72. The topological polar surface area (TPSA) is 12.0 Å². The minimum atomic E-state index is 0.773. The standard InChI is InChI=1S/C9H17N/c1-6(2)7(3)8-5-9(8)10-4/h8-10H,5H2,1-4H3. The van der Waals surface area contributed by atoms with Crippen LogP contribution in [0.25, 0.3) is 0 Å². The highest BCUT2D eigenvalue weighted by atomic mass is 14.9. The molecule has 1 aliphatic rings. The SMILES string of the molecule is CNC1CC1C(C)=C(C)C. The summed E-state index contributed by atoms with van der Waals surface area (Å²) in [6.45, 7) is 6.64. The average Bonchev–Trinajstić information content (AvgIpc) is 2.64. The number of hydrogen-bond donors (Lipinski definition) is 1. The van der Waals surface area contributed by atoms with E-state index in [-0.39, 0.29) is 0 Å². The normalized spacial score (nSPS) is 30.0. The lowest BCUT2D eigenvalue weighted by Crippen LogP contribution is -2.11. The van der Waals surface area contributed by atoms with Crippen molar-refractivity contribution in [3.05, 3.63) is 11.1 Å². The Balaban J connectivity index is 2.47. The Kier molecular flexibility index (Phi) is 2.14. The fourth-order valence-electron chi connectivity index (χ4n) is 1.36. The Bertz CT molecular complexity index is 154. The van der Waals surface area contributed by atoms with Crippen molar-refractivity contribution in [2.24, 2.45) is 5.92 Å². The van der Waals surface area contributed by atoms with E-state index in [0.717, 1.165) is 12.0 Å². The molecule has 1 saturated carbocycles. The first-order valence-corrected chi connectivity index (χ1v) is 3.98. The summed E-state index contributed by atoms with van der Waals surface area (Å²) < 4.78 is 0. The Hall–Kier alpha value is -0.300. The summed E-state index contributed by atoms with van der Waals surface area (Å²) in [4.78, 5) is 0. The molecule has 0 bridgehead atoms. The number of hydrogen-bond acceptors (Lipinski definition) is 1. The molecule has 0 aromatic rings. The first-order valence-electron chi connectivity index (χ1n) is 3.98. The third-order valence-corrected chi connectivity index (χ3v) is 2.51.